The Hall–Kier alpha value is -2.53. The van der Waals surface area contributed by atoms with Crippen molar-refractivity contribution in [2.75, 3.05) is 29.9 Å². The highest BCUT2D eigenvalue weighted by molar-refractivity contribution is 6.31. The highest BCUT2D eigenvalue weighted by Crippen LogP contribution is 2.32. The Bertz CT molecular complexity index is 969. The highest BCUT2D eigenvalue weighted by atomic mass is 35.5. The lowest BCUT2D eigenvalue weighted by Crippen LogP contribution is -2.39. The Morgan fingerprint density at radius 2 is 1.96 bits per heavy atom. The van der Waals surface area contributed by atoms with Crippen molar-refractivity contribution in [3.8, 4) is 0 Å². The van der Waals surface area contributed by atoms with Crippen LogP contribution in [0.2, 0.25) is 5.02 Å². The molecule has 6 heteroatoms. The smallest absolute Gasteiger partial charge is 0.258 e. The van der Waals surface area contributed by atoms with E-state index in [0.717, 1.165) is 18.8 Å². The molecule has 0 atom stereocenters. The molecule has 0 radical (unpaired) electrons. The summed E-state index contributed by atoms with van der Waals surface area (Å²) in [5, 5.41) is 1.06. The maximum absolute atomic E-state index is 12.3. The zero-order valence-corrected chi connectivity index (χ0v) is 14.0. The van der Waals surface area contributed by atoms with Crippen molar-refractivity contribution in [1.29, 1.82) is 0 Å². The Labute approximate surface area is 144 Å². The first-order valence-corrected chi connectivity index (χ1v) is 8.23. The van der Waals surface area contributed by atoms with E-state index >= 15 is 0 Å². The van der Waals surface area contributed by atoms with Crippen LogP contribution in [0.4, 0.5) is 11.4 Å². The van der Waals surface area contributed by atoms with Crippen LogP contribution >= 0.6 is 11.6 Å². The molecule has 4 rings (SSSR count). The number of aromatic amines is 1. The second-order valence-corrected chi connectivity index (χ2v) is 6.44. The zero-order valence-electron chi connectivity index (χ0n) is 13.3. The number of anilines is 2. The number of aromatic nitrogens is 2. The summed E-state index contributed by atoms with van der Waals surface area (Å²) in [5.41, 5.74) is 2.87. The van der Waals surface area contributed by atoms with E-state index < -0.39 is 0 Å². The van der Waals surface area contributed by atoms with Gasteiger partial charge in [-0.05, 0) is 30.3 Å². The van der Waals surface area contributed by atoms with Crippen LogP contribution < -0.4 is 15.4 Å². The summed E-state index contributed by atoms with van der Waals surface area (Å²) in [6, 6.07) is 13.5. The number of nitrogens with one attached hydrogen (secondary N) is 1. The third kappa shape index (κ3) is 2.61. The second kappa shape index (κ2) is 5.83. The van der Waals surface area contributed by atoms with Crippen molar-refractivity contribution in [3.05, 3.63) is 63.7 Å². The number of H-pyrrole nitrogens is 1. The van der Waals surface area contributed by atoms with Crippen molar-refractivity contribution in [2.45, 2.75) is 6.54 Å². The van der Waals surface area contributed by atoms with E-state index in [1.165, 1.54) is 5.69 Å². The maximum atomic E-state index is 12.3. The first kappa shape index (κ1) is 15.0. The van der Waals surface area contributed by atoms with Crippen LogP contribution in [0.3, 0.4) is 0 Å². The van der Waals surface area contributed by atoms with Gasteiger partial charge in [0.2, 0.25) is 0 Å². The van der Waals surface area contributed by atoms with Crippen LogP contribution in [0.5, 0.6) is 0 Å². The van der Waals surface area contributed by atoms with Crippen molar-refractivity contribution in [2.24, 2.45) is 0 Å². The van der Waals surface area contributed by atoms with E-state index in [1.807, 2.05) is 12.1 Å². The Morgan fingerprint density at radius 3 is 2.79 bits per heavy atom. The second-order valence-electron chi connectivity index (χ2n) is 6.01. The lowest BCUT2D eigenvalue weighted by molar-refractivity contribution is 0.712. The average molecular weight is 341 g/mol. The fraction of sp³-hybridized carbons (Fsp3) is 0.222. The zero-order chi connectivity index (χ0) is 16.7. The fourth-order valence-corrected chi connectivity index (χ4v) is 3.32. The molecule has 0 amide bonds. The van der Waals surface area contributed by atoms with Gasteiger partial charge in [-0.15, -0.1) is 0 Å². The Kier molecular flexibility index (Phi) is 3.65. The van der Waals surface area contributed by atoms with Gasteiger partial charge in [-0.25, -0.2) is 4.98 Å². The number of hydrogen-bond donors (Lipinski definition) is 1. The summed E-state index contributed by atoms with van der Waals surface area (Å²) >= 11 is 5.96. The number of fused-ring (bicyclic) bond motifs is 2. The molecule has 1 aliphatic heterocycles. The van der Waals surface area contributed by atoms with Gasteiger partial charge in [0.25, 0.3) is 5.56 Å². The van der Waals surface area contributed by atoms with Gasteiger partial charge >= 0.3 is 0 Å². The van der Waals surface area contributed by atoms with Gasteiger partial charge in [0.15, 0.2) is 0 Å². The van der Waals surface area contributed by atoms with Crippen LogP contribution in [0.25, 0.3) is 10.9 Å². The minimum atomic E-state index is -0.153. The van der Waals surface area contributed by atoms with Gasteiger partial charge in [-0.2, -0.15) is 0 Å². The summed E-state index contributed by atoms with van der Waals surface area (Å²) in [6.45, 7) is 2.39. The molecule has 0 unspecified atom stereocenters. The fourth-order valence-electron chi connectivity index (χ4n) is 3.15. The lowest BCUT2D eigenvalue weighted by Gasteiger charge is -2.36. The largest absolute Gasteiger partial charge is 0.371 e. The number of hydrogen-bond acceptors (Lipinski definition) is 4. The molecule has 1 aromatic heterocycles. The van der Waals surface area contributed by atoms with E-state index in [2.05, 4.69) is 38.9 Å². The molecule has 5 nitrogen and oxygen atoms in total. The lowest BCUT2D eigenvalue weighted by atomic mass is 10.1. The minimum Gasteiger partial charge on any atom is -0.371 e. The molecule has 0 bridgehead atoms. The van der Waals surface area contributed by atoms with Crippen LogP contribution in [0, 0.1) is 0 Å². The third-order valence-electron chi connectivity index (χ3n) is 4.40. The van der Waals surface area contributed by atoms with Gasteiger partial charge in [0, 0.05) is 25.2 Å². The minimum absolute atomic E-state index is 0.153. The molecule has 122 valence electrons. The van der Waals surface area contributed by atoms with E-state index in [0.29, 0.717) is 28.3 Å². The van der Waals surface area contributed by atoms with Gasteiger partial charge in [-0.1, -0.05) is 23.7 Å². The van der Waals surface area contributed by atoms with Crippen molar-refractivity contribution in [1.82, 2.24) is 9.97 Å². The SMILES string of the molecule is CN1CCN(Cc2nc3ccc(Cl)cc3c(=O)[nH]2)c2ccccc21. The molecular weight excluding hydrogens is 324 g/mol. The summed E-state index contributed by atoms with van der Waals surface area (Å²) < 4.78 is 0. The number of para-hydroxylation sites is 2. The van der Waals surface area contributed by atoms with Gasteiger partial charge in [0.1, 0.15) is 5.82 Å². The van der Waals surface area contributed by atoms with Gasteiger partial charge < -0.3 is 14.8 Å². The Morgan fingerprint density at radius 1 is 1.17 bits per heavy atom. The molecule has 2 heterocycles. The standard InChI is InChI=1S/C18H17ClN4O/c1-22-8-9-23(16-5-3-2-4-15(16)22)11-17-20-14-7-6-12(19)10-13(14)18(24)21-17/h2-7,10H,8-9,11H2,1H3,(H,20,21,24). The molecule has 3 aromatic rings. The molecule has 1 aliphatic rings. The van der Waals surface area contributed by atoms with Crippen LogP contribution in [-0.4, -0.2) is 30.1 Å². The predicted molar refractivity (Wildman–Crippen MR) is 98.1 cm³/mol. The monoisotopic (exact) mass is 340 g/mol. The van der Waals surface area contributed by atoms with E-state index in [4.69, 9.17) is 11.6 Å². The molecule has 0 saturated heterocycles. The maximum Gasteiger partial charge on any atom is 0.258 e. The Balaban J connectivity index is 1.71. The molecule has 0 aliphatic carbocycles. The molecule has 0 spiro atoms. The van der Waals surface area contributed by atoms with Gasteiger partial charge in [-0.3, -0.25) is 4.79 Å². The summed E-state index contributed by atoms with van der Waals surface area (Å²) in [7, 11) is 2.09. The van der Waals surface area contributed by atoms with E-state index in [1.54, 1.807) is 18.2 Å². The molecule has 24 heavy (non-hydrogen) atoms. The molecule has 0 saturated carbocycles. The van der Waals surface area contributed by atoms with E-state index in [-0.39, 0.29) is 5.56 Å². The average Bonchev–Trinajstić information content (AvgIpc) is 2.58. The number of nitrogens with zero attached hydrogens (tertiary/aromatic N) is 3. The molecule has 1 N–H and O–H groups in total. The van der Waals surface area contributed by atoms with Crippen LogP contribution in [0.15, 0.2) is 47.3 Å². The van der Waals surface area contributed by atoms with Crippen molar-refractivity contribution >= 4 is 33.9 Å². The van der Waals surface area contributed by atoms with E-state index in [9.17, 15) is 4.79 Å². The van der Waals surface area contributed by atoms with Crippen LogP contribution in [0.1, 0.15) is 5.82 Å². The summed E-state index contributed by atoms with van der Waals surface area (Å²) in [6.07, 6.45) is 0. The number of likely N-dealkylation sites (N-methyl/N-ethyl adjacent to an activating group) is 1. The quantitative estimate of drug-likeness (QED) is 0.779. The van der Waals surface area contributed by atoms with Crippen LogP contribution in [-0.2, 0) is 6.54 Å². The summed E-state index contributed by atoms with van der Waals surface area (Å²) in [4.78, 5) is 24.3. The first-order chi connectivity index (χ1) is 11.6. The molecular formula is C18H17ClN4O. The normalized spacial score (nSPS) is 14.1. The third-order valence-corrected chi connectivity index (χ3v) is 4.63. The number of halogens is 1. The first-order valence-electron chi connectivity index (χ1n) is 7.85. The topological polar surface area (TPSA) is 52.2 Å². The molecule has 2 aromatic carbocycles. The summed E-state index contributed by atoms with van der Waals surface area (Å²) in [5.74, 6) is 0.661. The highest BCUT2D eigenvalue weighted by Gasteiger charge is 2.20. The number of rotatable bonds is 2. The predicted octanol–water partition coefficient (Wildman–Crippen LogP) is 3.03. The van der Waals surface area contributed by atoms with Crippen molar-refractivity contribution in [3.63, 3.8) is 0 Å². The van der Waals surface area contributed by atoms with Gasteiger partial charge in [0.05, 0.1) is 28.8 Å². The molecule has 0 fully saturated rings. The van der Waals surface area contributed by atoms with Crippen molar-refractivity contribution < 1.29 is 0 Å². The number of benzene rings is 2.